The second-order valence-electron chi connectivity index (χ2n) is 5.54. The van der Waals surface area contributed by atoms with Crippen LogP contribution in [0.25, 0.3) is 0 Å². The molecule has 0 spiro atoms. The molecule has 0 N–H and O–H groups in total. The van der Waals surface area contributed by atoms with Crippen LogP contribution in [-0.2, 0) is 16.5 Å². The Balaban J connectivity index is 2.34. The van der Waals surface area contributed by atoms with E-state index >= 15 is 0 Å². The number of alkyl halides is 3. The van der Waals surface area contributed by atoms with Crippen LogP contribution in [0.2, 0.25) is 0 Å². The summed E-state index contributed by atoms with van der Waals surface area (Å²) in [5, 5.41) is 0. The highest BCUT2D eigenvalue weighted by Gasteiger charge is 2.39. The maximum Gasteiger partial charge on any atom is 0.416 e. The van der Waals surface area contributed by atoms with Crippen LogP contribution in [0, 0.1) is 0 Å². The summed E-state index contributed by atoms with van der Waals surface area (Å²) >= 11 is 0. The fourth-order valence-corrected chi connectivity index (χ4v) is 2.91. The lowest BCUT2D eigenvalue weighted by molar-refractivity contribution is -0.137. The highest BCUT2D eigenvalue weighted by atomic mass is 19.4. The van der Waals surface area contributed by atoms with E-state index in [2.05, 4.69) is 0 Å². The van der Waals surface area contributed by atoms with Gasteiger partial charge in [0.05, 0.1) is 5.56 Å². The average Bonchev–Trinajstić information content (AvgIpc) is 2.39. The Morgan fingerprint density at radius 3 is 1.95 bits per heavy atom. The molecule has 1 aromatic carbocycles. The van der Waals surface area contributed by atoms with Crippen molar-refractivity contribution in [3.8, 4) is 0 Å². The predicted octanol–water partition coefficient (Wildman–Crippen LogP) is 3.61. The first-order valence-corrected chi connectivity index (χ1v) is 6.62. The lowest BCUT2D eigenvalue weighted by Gasteiger charge is -2.43. The molecule has 0 atom stereocenters. The first-order valence-electron chi connectivity index (χ1n) is 6.62. The maximum atomic E-state index is 12.6. The van der Waals surface area contributed by atoms with Crippen molar-refractivity contribution in [2.45, 2.75) is 37.4 Å². The number of hydrogen-bond donors (Lipinski definition) is 0. The molecule has 1 aromatic rings. The van der Waals surface area contributed by atoms with Crippen LogP contribution in [0.5, 0.6) is 0 Å². The minimum Gasteiger partial charge on any atom is -0.300 e. The number of nitrogens with zero attached hydrogens (tertiary/aromatic N) is 1. The lowest BCUT2D eigenvalue weighted by Crippen LogP contribution is -2.44. The Labute approximate surface area is 116 Å². The maximum absolute atomic E-state index is 12.6. The summed E-state index contributed by atoms with van der Waals surface area (Å²) in [6, 6.07) is 5.32. The second kappa shape index (κ2) is 5.20. The Morgan fingerprint density at radius 2 is 1.55 bits per heavy atom. The zero-order valence-corrected chi connectivity index (χ0v) is 11.6. The number of carbonyl (C=O) groups is 1. The van der Waals surface area contributed by atoms with Gasteiger partial charge in [0.25, 0.3) is 0 Å². The van der Waals surface area contributed by atoms with Crippen LogP contribution < -0.4 is 0 Å². The summed E-state index contributed by atoms with van der Waals surface area (Å²) in [6.07, 6.45) is -2.03. The van der Waals surface area contributed by atoms with Gasteiger partial charge in [0, 0.05) is 18.4 Å². The van der Waals surface area contributed by atoms with Crippen LogP contribution >= 0.6 is 0 Å². The Hall–Kier alpha value is -1.36. The number of hydrogen-bond acceptors (Lipinski definition) is 2. The molecule has 0 amide bonds. The van der Waals surface area contributed by atoms with Crippen molar-refractivity contribution in [3.63, 3.8) is 0 Å². The van der Waals surface area contributed by atoms with Crippen molar-refractivity contribution >= 4 is 5.78 Å². The third-order valence-electron chi connectivity index (χ3n) is 4.24. The van der Waals surface area contributed by atoms with Crippen LogP contribution in [-0.4, -0.2) is 24.8 Å². The van der Waals surface area contributed by atoms with Crippen LogP contribution in [0.1, 0.15) is 36.8 Å². The number of rotatable bonds is 2. The van der Waals surface area contributed by atoms with Gasteiger partial charge in [0.1, 0.15) is 5.78 Å². The predicted molar refractivity (Wildman–Crippen MR) is 70.3 cm³/mol. The van der Waals surface area contributed by atoms with Gasteiger partial charge in [-0.25, -0.2) is 0 Å². The molecule has 2 nitrogen and oxygen atoms in total. The quantitative estimate of drug-likeness (QED) is 0.827. The molecule has 0 heterocycles. The van der Waals surface area contributed by atoms with Crippen LogP contribution in [0.4, 0.5) is 13.2 Å². The summed E-state index contributed by atoms with van der Waals surface area (Å²) in [7, 11) is 3.82. The zero-order chi connectivity index (χ0) is 15.0. The molecule has 1 aliphatic rings. The van der Waals surface area contributed by atoms with E-state index in [1.54, 1.807) is 12.1 Å². The summed E-state index contributed by atoms with van der Waals surface area (Å²) in [5.74, 6) is 0.231. The summed E-state index contributed by atoms with van der Waals surface area (Å²) in [5.41, 5.74) is -0.122. The third-order valence-corrected chi connectivity index (χ3v) is 4.24. The molecule has 0 aromatic heterocycles. The first-order chi connectivity index (χ1) is 9.25. The van der Waals surface area contributed by atoms with E-state index in [-0.39, 0.29) is 11.3 Å². The summed E-state index contributed by atoms with van der Waals surface area (Å²) < 4.78 is 37.8. The molecule has 0 saturated heterocycles. The van der Waals surface area contributed by atoms with Crippen LogP contribution in [0.15, 0.2) is 24.3 Å². The van der Waals surface area contributed by atoms with E-state index < -0.39 is 11.7 Å². The van der Waals surface area contributed by atoms with Gasteiger partial charge in [-0.2, -0.15) is 13.2 Å². The van der Waals surface area contributed by atoms with E-state index in [0.29, 0.717) is 25.7 Å². The molecule has 1 fully saturated rings. The van der Waals surface area contributed by atoms with E-state index in [1.807, 2.05) is 19.0 Å². The molecule has 20 heavy (non-hydrogen) atoms. The molecule has 1 saturated carbocycles. The molecular weight excluding hydrogens is 267 g/mol. The van der Waals surface area contributed by atoms with Crippen molar-refractivity contribution in [3.05, 3.63) is 35.4 Å². The van der Waals surface area contributed by atoms with Gasteiger partial charge in [-0.1, -0.05) is 12.1 Å². The van der Waals surface area contributed by atoms with E-state index in [4.69, 9.17) is 0 Å². The standard InChI is InChI=1S/C15H18F3NO/c1-19(2)14(9-7-13(20)8-10-14)11-3-5-12(6-4-11)15(16,17)18/h3-6H,7-10H2,1-2H3. The second-order valence-corrected chi connectivity index (χ2v) is 5.54. The Bertz CT molecular complexity index is 481. The van der Waals surface area contributed by atoms with Gasteiger partial charge in [0.2, 0.25) is 0 Å². The van der Waals surface area contributed by atoms with Gasteiger partial charge in [-0.3, -0.25) is 9.69 Å². The number of Topliss-reactive ketones (excluding diaryl/α,β-unsaturated/α-hetero) is 1. The van der Waals surface area contributed by atoms with Gasteiger partial charge in [-0.05, 0) is 44.6 Å². The van der Waals surface area contributed by atoms with E-state index in [1.165, 1.54) is 0 Å². The normalized spacial score (nSPS) is 19.4. The first kappa shape index (κ1) is 15.0. The van der Waals surface area contributed by atoms with Gasteiger partial charge in [-0.15, -0.1) is 0 Å². The largest absolute Gasteiger partial charge is 0.416 e. The number of benzene rings is 1. The minimum absolute atomic E-state index is 0.231. The monoisotopic (exact) mass is 285 g/mol. The van der Waals surface area contributed by atoms with Gasteiger partial charge in [0.15, 0.2) is 0 Å². The van der Waals surface area contributed by atoms with Crippen molar-refractivity contribution < 1.29 is 18.0 Å². The summed E-state index contributed by atoms with van der Waals surface area (Å²) in [6.45, 7) is 0. The fraction of sp³-hybridized carbons (Fsp3) is 0.533. The minimum atomic E-state index is -4.31. The fourth-order valence-electron chi connectivity index (χ4n) is 2.91. The van der Waals surface area contributed by atoms with Gasteiger partial charge < -0.3 is 0 Å². The molecule has 1 aliphatic carbocycles. The number of carbonyl (C=O) groups excluding carboxylic acids is 1. The zero-order valence-electron chi connectivity index (χ0n) is 11.6. The number of ketones is 1. The van der Waals surface area contributed by atoms with E-state index in [9.17, 15) is 18.0 Å². The molecule has 0 bridgehead atoms. The highest BCUT2D eigenvalue weighted by molar-refractivity contribution is 5.79. The van der Waals surface area contributed by atoms with Crippen molar-refractivity contribution in [2.24, 2.45) is 0 Å². The van der Waals surface area contributed by atoms with Crippen molar-refractivity contribution in [2.75, 3.05) is 14.1 Å². The molecule has 110 valence electrons. The van der Waals surface area contributed by atoms with Crippen molar-refractivity contribution in [1.29, 1.82) is 0 Å². The smallest absolute Gasteiger partial charge is 0.300 e. The SMILES string of the molecule is CN(C)C1(c2ccc(C(F)(F)F)cc2)CCC(=O)CC1. The molecule has 0 aliphatic heterocycles. The average molecular weight is 285 g/mol. The third kappa shape index (κ3) is 2.73. The van der Waals surface area contributed by atoms with Crippen LogP contribution in [0.3, 0.4) is 0 Å². The van der Waals surface area contributed by atoms with Crippen molar-refractivity contribution in [1.82, 2.24) is 4.90 Å². The molecular formula is C15H18F3NO. The molecule has 2 rings (SSSR count). The topological polar surface area (TPSA) is 20.3 Å². The number of halogens is 3. The highest BCUT2D eigenvalue weighted by Crippen LogP contribution is 2.40. The van der Waals surface area contributed by atoms with Gasteiger partial charge >= 0.3 is 6.18 Å². The Kier molecular flexibility index (Phi) is 3.91. The summed E-state index contributed by atoms with van der Waals surface area (Å²) in [4.78, 5) is 13.4. The van der Waals surface area contributed by atoms with E-state index in [0.717, 1.165) is 17.7 Å². The molecule has 5 heteroatoms. The Morgan fingerprint density at radius 1 is 1.05 bits per heavy atom. The molecule has 0 unspecified atom stereocenters. The molecule has 0 radical (unpaired) electrons. The lowest BCUT2D eigenvalue weighted by atomic mass is 9.75.